The van der Waals surface area contributed by atoms with Gasteiger partial charge in [0.25, 0.3) is 0 Å². The fraction of sp³-hybridized carbons (Fsp3) is 0.867. The highest BCUT2D eigenvalue weighted by atomic mass is 16.5. The fourth-order valence-corrected chi connectivity index (χ4v) is 2.41. The Morgan fingerprint density at radius 2 is 1.80 bits per heavy atom. The van der Waals surface area contributed by atoms with E-state index in [1.807, 2.05) is 4.90 Å². The second-order valence-corrected chi connectivity index (χ2v) is 5.48. The van der Waals surface area contributed by atoms with Gasteiger partial charge in [-0.1, -0.05) is 13.8 Å². The van der Waals surface area contributed by atoms with E-state index in [1.165, 1.54) is 0 Å². The zero-order valence-electron chi connectivity index (χ0n) is 13.0. The van der Waals surface area contributed by atoms with Crippen LogP contribution in [0.3, 0.4) is 0 Å². The van der Waals surface area contributed by atoms with Crippen molar-refractivity contribution in [2.45, 2.75) is 46.0 Å². The summed E-state index contributed by atoms with van der Waals surface area (Å²) in [6, 6.07) is 0. The summed E-state index contributed by atoms with van der Waals surface area (Å²) in [6.07, 6.45) is 4.01. The molecule has 0 unspecified atom stereocenters. The molecule has 1 aliphatic rings. The van der Waals surface area contributed by atoms with E-state index in [2.05, 4.69) is 19.2 Å². The number of ether oxygens (including phenoxy) is 1. The molecule has 2 amide bonds. The van der Waals surface area contributed by atoms with Crippen LogP contribution in [0.4, 0.5) is 0 Å². The first kappa shape index (κ1) is 17.0. The van der Waals surface area contributed by atoms with Crippen LogP contribution < -0.4 is 5.32 Å². The van der Waals surface area contributed by atoms with Crippen LogP contribution in [0.5, 0.6) is 0 Å². The highest BCUT2D eigenvalue weighted by Crippen LogP contribution is 2.47. The number of hydrogen-bond acceptors (Lipinski definition) is 3. The number of carbonyl (C=O) groups is 2. The number of rotatable bonds is 10. The van der Waals surface area contributed by atoms with Gasteiger partial charge in [-0.15, -0.1) is 0 Å². The van der Waals surface area contributed by atoms with Gasteiger partial charge in [0, 0.05) is 33.4 Å². The number of nitrogens with zero attached hydrogens (tertiary/aromatic N) is 1. The van der Waals surface area contributed by atoms with Crippen molar-refractivity contribution in [2.24, 2.45) is 5.41 Å². The van der Waals surface area contributed by atoms with E-state index >= 15 is 0 Å². The quantitative estimate of drug-likeness (QED) is 0.489. The summed E-state index contributed by atoms with van der Waals surface area (Å²) in [7, 11) is 1.64. The van der Waals surface area contributed by atoms with Crippen molar-refractivity contribution in [3.63, 3.8) is 0 Å². The minimum Gasteiger partial charge on any atom is -0.385 e. The predicted molar refractivity (Wildman–Crippen MR) is 78.3 cm³/mol. The summed E-state index contributed by atoms with van der Waals surface area (Å²) in [4.78, 5) is 26.7. The van der Waals surface area contributed by atoms with Crippen molar-refractivity contribution in [3.8, 4) is 0 Å². The second-order valence-electron chi connectivity index (χ2n) is 5.48. The van der Waals surface area contributed by atoms with Gasteiger partial charge in [-0.05, 0) is 32.1 Å². The van der Waals surface area contributed by atoms with Crippen LogP contribution in [0.15, 0.2) is 0 Å². The average molecular weight is 284 g/mol. The molecule has 1 rings (SSSR count). The molecule has 0 aliphatic heterocycles. The van der Waals surface area contributed by atoms with E-state index in [0.29, 0.717) is 26.0 Å². The lowest BCUT2D eigenvalue weighted by Gasteiger charge is -2.26. The predicted octanol–water partition coefficient (Wildman–Crippen LogP) is 1.57. The molecular formula is C15H28N2O3. The Labute approximate surface area is 122 Å². The molecule has 1 saturated carbocycles. The number of amides is 2. The highest BCUT2D eigenvalue weighted by Gasteiger charge is 2.57. The van der Waals surface area contributed by atoms with Crippen molar-refractivity contribution >= 4 is 11.8 Å². The second kappa shape index (κ2) is 8.25. The van der Waals surface area contributed by atoms with E-state index in [-0.39, 0.29) is 11.8 Å². The molecule has 0 heterocycles. The van der Waals surface area contributed by atoms with Gasteiger partial charge in [-0.25, -0.2) is 0 Å². The molecule has 1 fully saturated rings. The molecule has 0 spiro atoms. The molecule has 1 N–H and O–H groups in total. The fourth-order valence-electron chi connectivity index (χ4n) is 2.41. The monoisotopic (exact) mass is 284 g/mol. The van der Waals surface area contributed by atoms with Crippen LogP contribution in [0.25, 0.3) is 0 Å². The van der Waals surface area contributed by atoms with Gasteiger partial charge >= 0.3 is 0 Å². The van der Waals surface area contributed by atoms with Crippen LogP contribution in [0.1, 0.15) is 46.0 Å². The van der Waals surface area contributed by atoms with Crippen LogP contribution >= 0.6 is 0 Å². The molecule has 0 radical (unpaired) electrons. The molecule has 116 valence electrons. The minimum atomic E-state index is -0.766. The van der Waals surface area contributed by atoms with Gasteiger partial charge in [0.15, 0.2) is 0 Å². The third-order valence-corrected chi connectivity index (χ3v) is 3.68. The Morgan fingerprint density at radius 1 is 1.20 bits per heavy atom. The molecule has 0 atom stereocenters. The number of methoxy groups -OCH3 is 1. The highest BCUT2D eigenvalue weighted by molar-refractivity contribution is 6.07. The third kappa shape index (κ3) is 4.20. The zero-order valence-corrected chi connectivity index (χ0v) is 13.0. The van der Waals surface area contributed by atoms with E-state index < -0.39 is 5.41 Å². The van der Waals surface area contributed by atoms with Crippen molar-refractivity contribution in [2.75, 3.05) is 33.4 Å². The molecule has 20 heavy (non-hydrogen) atoms. The third-order valence-electron chi connectivity index (χ3n) is 3.68. The summed E-state index contributed by atoms with van der Waals surface area (Å²) in [5.74, 6) is -0.0822. The molecule has 0 saturated heterocycles. The molecule has 1 aliphatic carbocycles. The smallest absolute Gasteiger partial charge is 0.238 e. The lowest BCUT2D eigenvalue weighted by molar-refractivity contribution is -0.144. The molecule has 5 heteroatoms. The van der Waals surface area contributed by atoms with Gasteiger partial charge in [0.2, 0.25) is 11.8 Å². The van der Waals surface area contributed by atoms with Gasteiger partial charge in [-0.3, -0.25) is 9.59 Å². The SMILES string of the molecule is CCCN(CCC)C(=O)C1(C(=O)NCCCOC)CC1. The Bertz CT molecular complexity index is 321. The number of carbonyl (C=O) groups excluding carboxylic acids is 2. The van der Waals surface area contributed by atoms with Crippen molar-refractivity contribution < 1.29 is 14.3 Å². The Morgan fingerprint density at radius 3 is 2.25 bits per heavy atom. The minimum absolute atomic E-state index is 0.0189. The lowest BCUT2D eigenvalue weighted by atomic mass is 10.0. The number of hydrogen-bond donors (Lipinski definition) is 1. The molecule has 0 aromatic heterocycles. The Hall–Kier alpha value is -1.10. The van der Waals surface area contributed by atoms with E-state index in [1.54, 1.807) is 7.11 Å². The molecule has 5 nitrogen and oxygen atoms in total. The topological polar surface area (TPSA) is 58.6 Å². The van der Waals surface area contributed by atoms with Gasteiger partial charge in [0.1, 0.15) is 5.41 Å². The maximum absolute atomic E-state index is 12.6. The summed E-state index contributed by atoms with van der Waals surface area (Å²) in [5, 5.41) is 2.87. The summed E-state index contributed by atoms with van der Waals surface area (Å²) in [5.41, 5.74) is -0.766. The standard InChI is InChI=1S/C15H28N2O3/c1-4-10-17(11-5-2)14(19)15(7-8-15)13(18)16-9-6-12-20-3/h4-12H2,1-3H3,(H,16,18). The van der Waals surface area contributed by atoms with Crippen molar-refractivity contribution in [3.05, 3.63) is 0 Å². The van der Waals surface area contributed by atoms with E-state index in [4.69, 9.17) is 4.74 Å². The summed E-state index contributed by atoms with van der Waals surface area (Å²) < 4.78 is 4.95. The van der Waals surface area contributed by atoms with Crippen molar-refractivity contribution in [1.29, 1.82) is 0 Å². The number of nitrogens with one attached hydrogen (secondary N) is 1. The van der Waals surface area contributed by atoms with Crippen LogP contribution in [-0.4, -0.2) is 50.1 Å². The average Bonchev–Trinajstić information content (AvgIpc) is 3.24. The van der Waals surface area contributed by atoms with Crippen molar-refractivity contribution in [1.82, 2.24) is 10.2 Å². The maximum atomic E-state index is 12.6. The first-order valence-corrected chi connectivity index (χ1v) is 7.69. The van der Waals surface area contributed by atoms with Crippen LogP contribution in [0, 0.1) is 5.41 Å². The maximum Gasteiger partial charge on any atom is 0.238 e. The normalized spacial score (nSPS) is 15.8. The van der Waals surface area contributed by atoms with E-state index in [9.17, 15) is 9.59 Å². The largest absolute Gasteiger partial charge is 0.385 e. The Balaban J connectivity index is 2.53. The van der Waals surface area contributed by atoms with Gasteiger partial charge < -0.3 is 15.0 Å². The van der Waals surface area contributed by atoms with Crippen LogP contribution in [-0.2, 0) is 14.3 Å². The Kier molecular flexibility index (Phi) is 6.99. The molecule has 0 aromatic carbocycles. The summed E-state index contributed by atoms with van der Waals surface area (Å²) >= 11 is 0. The first-order chi connectivity index (χ1) is 9.62. The van der Waals surface area contributed by atoms with Gasteiger partial charge in [0.05, 0.1) is 0 Å². The van der Waals surface area contributed by atoms with E-state index in [0.717, 1.165) is 32.4 Å². The van der Waals surface area contributed by atoms with Crippen LogP contribution in [0.2, 0.25) is 0 Å². The first-order valence-electron chi connectivity index (χ1n) is 7.69. The summed E-state index contributed by atoms with van der Waals surface area (Å²) in [6.45, 7) is 6.79. The van der Waals surface area contributed by atoms with Gasteiger partial charge in [-0.2, -0.15) is 0 Å². The molecular weight excluding hydrogens is 256 g/mol. The molecule has 0 aromatic rings. The molecule has 0 bridgehead atoms. The zero-order chi connectivity index (χ0) is 15.0. The lowest BCUT2D eigenvalue weighted by Crippen LogP contribution is -2.46.